The van der Waals surface area contributed by atoms with Crippen molar-refractivity contribution in [3.05, 3.63) is 51.4 Å². The minimum atomic E-state index is 0.809. The molecule has 0 aliphatic rings. The smallest absolute Gasteiger partial charge is 0.0873 e. The van der Waals surface area contributed by atoms with Gasteiger partial charge in [0.05, 0.1) is 51.5 Å². The molecule has 0 unspecified atom stereocenters. The highest BCUT2D eigenvalue weighted by Gasteiger charge is 1.92. The number of hydrogen-bond donors (Lipinski definition) is 0. The zero-order chi connectivity index (χ0) is 21.0. The van der Waals surface area contributed by atoms with Crippen molar-refractivity contribution in [1.29, 1.82) is 0 Å². The minimum Gasteiger partial charge on any atom is -0.502 e. The standard InChI is InChI=1S/2C12H22O2/c2*1-3-13-11-9-7-5-6-8-10-12-14-4-2/h2*3-4H,1-2,5-12H2. The van der Waals surface area contributed by atoms with Crippen LogP contribution >= 0.6 is 0 Å². The summed E-state index contributed by atoms with van der Waals surface area (Å²) in [7, 11) is 0. The van der Waals surface area contributed by atoms with Gasteiger partial charge in [-0.15, -0.1) is 0 Å². The molecule has 28 heavy (non-hydrogen) atoms. The van der Waals surface area contributed by atoms with Crippen LogP contribution in [-0.2, 0) is 18.9 Å². The molecule has 0 atom stereocenters. The Bertz CT molecular complexity index is 265. The van der Waals surface area contributed by atoms with Gasteiger partial charge in [0.1, 0.15) is 0 Å². The first-order valence-corrected chi connectivity index (χ1v) is 10.7. The summed E-state index contributed by atoms with van der Waals surface area (Å²) in [5.74, 6) is 0. The number of rotatable bonds is 22. The van der Waals surface area contributed by atoms with Crippen molar-refractivity contribution < 1.29 is 18.9 Å². The quantitative estimate of drug-likeness (QED) is 0.142. The molecule has 0 rings (SSSR count). The molecule has 4 heteroatoms. The molecule has 0 fully saturated rings. The zero-order valence-corrected chi connectivity index (χ0v) is 18.1. The molecule has 0 aromatic rings. The van der Waals surface area contributed by atoms with Crippen molar-refractivity contribution in [1.82, 2.24) is 0 Å². The lowest BCUT2D eigenvalue weighted by Gasteiger charge is -2.02. The van der Waals surface area contributed by atoms with E-state index in [1.165, 1.54) is 76.4 Å². The Morgan fingerprint density at radius 1 is 0.321 bits per heavy atom. The zero-order valence-electron chi connectivity index (χ0n) is 18.1. The van der Waals surface area contributed by atoms with Crippen LogP contribution in [0.5, 0.6) is 0 Å². The van der Waals surface area contributed by atoms with Gasteiger partial charge in [-0.3, -0.25) is 0 Å². The topological polar surface area (TPSA) is 36.9 Å². The van der Waals surface area contributed by atoms with E-state index in [4.69, 9.17) is 18.9 Å². The molecule has 0 saturated heterocycles. The number of ether oxygens (including phenoxy) is 4. The summed E-state index contributed by atoms with van der Waals surface area (Å²) in [6.45, 7) is 17.2. The van der Waals surface area contributed by atoms with Gasteiger partial charge in [0.2, 0.25) is 0 Å². The first-order valence-electron chi connectivity index (χ1n) is 10.7. The maximum absolute atomic E-state index is 5.03. The Balaban J connectivity index is 0. The average Bonchev–Trinajstić information content (AvgIpc) is 2.71. The maximum atomic E-state index is 5.03. The van der Waals surface area contributed by atoms with Crippen molar-refractivity contribution in [2.45, 2.75) is 77.0 Å². The normalized spacial score (nSPS) is 9.43. The summed E-state index contributed by atoms with van der Waals surface area (Å²) in [6, 6.07) is 0. The molecular weight excluding hydrogens is 352 g/mol. The average molecular weight is 397 g/mol. The van der Waals surface area contributed by atoms with Gasteiger partial charge in [0.25, 0.3) is 0 Å². The molecule has 164 valence electrons. The molecule has 0 aromatic heterocycles. The van der Waals surface area contributed by atoms with E-state index in [9.17, 15) is 0 Å². The van der Waals surface area contributed by atoms with E-state index in [1.807, 2.05) is 0 Å². The number of hydrogen-bond acceptors (Lipinski definition) is 4. The van der Waals surface area contributed by atoms with E-state index < -0.39 is 0 Å². The van der Waals surface area contributed by atoms with E-state index in [2.05, 4.69) is 26.3 Å². The van der Waals surface area contributed by atoms with Crippen molar-refractivity contribution in [2.24, 2.45) is 0 Å². The number of unbranched alkanes of at least 4 members (excludes halogenated alkanes) is 10. The first-order chi connectivity index (χ1) is 13.8. The van der Waals surface area contributed by atoms with Gasteiger partial charge in [0.15, 0.2) is 0 Å². The van der Waals surface area contributed by atoms with Crippen LogP contribution in [0.2, 0.25) is 0 Å². The Hall–Kier alpha value is -1.84. The van der Waals surface area contributed by atoms with Crippen LogP contribution in [-0.4, -0.2) is 26.4 Å². The van der Waals surface area contributed by atoms with Gasteiger partial charge < -0.3 is 18.9 Å². The lowest BCUT2D eigenvalue weighted by Crippen LogP contribution is -1.89. The molecule has 0 aromatic carbocycles. The van der Waals surface area contributed by atoms with Gasteiger partial charge in [-0.05, 0) is 25.7 Å². The van der Waals surface area contributed by atoms with Gasteiger partial charge in [-0.25, -0.2) is 0 Å². The highest BCUT2D eigenvalue weighted by atomic mass is 16.5. The summed E-state index contributed by atoms with van der Waals surface area (Å²) < 4.78 is 20.1. The molecule has 0 N–H and O–H groups in total. The van der Waals surface area contributed by atoms with Gasteiger partial charge in [0, 0.05) is 0 Å². The van der Waals surface area contributed by atoms with Crippen molar-refractivity contribution in [3.63, 3.8) is 0 Å². The highest BCUT2D eigenvalue weighted by Crippen LogP contribution is 2.06. The van der Waals surface area contributed by atoms with Crippen LogP contribution < -0.4 is 0 Å². The van der Waals surface area contributed by atoms with Crippen LogP contribution in [0.1, 0.15) is 77.0 Å². The van der Waals surface area contributed by atoms with E-state index in [1.54, 1.807) is 0 Å². The van der Waals surface area contributed by atoms with Crippen molar-refractivity contribution in [2.75, 3.05) is 26.4 Å². The molecule has 0 aliphatic carbocycles. The molecule has 0 spiro atoms. The van der Waals surface area contributed by atoms with Crippen LogP contribution in [0.25, 0.3) is 0 Å². The second-order valence-corrected chi connectivity index (χ2v) is 6.39. The summed E-state index contributed by atoms with van der Waals surface area (Å²) in [4.78, 5) is 0. The largest absolute Gasteiger partial charge is 0.502 e. The fourth-order valence-corrected chi connectivity index (χ4v) is 2.49. The molecule has 0 amide bonds. The SMILES string of the molecule is C=COCCCCCCCCOC=C.C=COCCCCCCCCOC=C. The molecule has 0 bridgehead atoms. The molecule has 0 saturated carbocycles. The third-order valence-electron chi connectivity index (χ3n) is 4.02. The Morgan fingerprint density at radius 3 is 0.679 bits per heavy atom. The summed E-state index contributed by atoms with van der Waals surface area (Å²) >= 11 is 0. The fourth-order valence-electron chi connectivity index (χ4n) is 2.49. The maximum Gasteiger partial charge on any atom is 0.0873 e. The van der Waals surface area contributed by atoms with Gasteiger partial charge >= 0.3 is 0 Å². The molecular formula is C24H44O4. The van der Waals surface area contributed by atoms with Crippen LogP contribution in [0, 0.1) is 0 Å². The minimum absolute atomic E-state index is 0.809. The Kier molecular flexibility index (Phi) is 30.3. The van der Waals surface area contributed by atoms with Crippen molar-refractivity contribution >= 4 is 0 Å². The predicted octanol–water partition coefficient (Wildman–Crippen LogP) is 7.29. The van der Waals surface area contributed by atoms with E-state index in [-0.39, 0.29) is 0 Å². The summed E-state index contributed by atoms with van der Waals surface area (Å²) in [5, 5.41) is 0. The van der Waals surface area contributed by atoms with Gasteiger partial charge in [-0.2, -0.15) is 0 Å². The predicted molar refractivity (Wildman–Crippen MR) is 120 cm³/mol. The molecule has 0 radical (unpaired) electrons. The van der Waals surface area contributed by atoms with Crippen molar-refractivity contribution in [3.8, 4) is 0 Å². The first kappa shape index (κ1) is 28.4. The second kappa shape index (κ2) is 29.9. The highest BCUT2D eigenvalue weighted by molar-refractivity contribution is 4.53. The van der Waals surface area contributed by atoms with Crippen LogP contribution in [0.15, 0.2) is 51.4 Å². The summed E-state index contributed by atoms with van der Waals surface area (Å²) in [5.41, 5.74) is 0. The van der Waals surface area contributed by atoms with E-state index in [0.717, 1.165) is 52.1 Å². The van der Waals surface area contributed by atoms with Crippen LogP contribution in [0.3, 0.4) is 0 Å². The second-order valence-electron chi connectivity index (χ2n) is 6.39. The summed E-state index contributed by atoms with van der Waals surface area (Å²) in [6.07, 6.45) is 20.7. The Labute approximate surface area is 174 Å². The molecule has 4 nitrogen and oxygen atoms in total. The van der Waals surface area contributed by atoms with E-state index >= 15 is 0 Å². The Morgan fingerprint density at radius 2 is 0.500 bits per heavy atom. The van der Waals surface area contributed by atoms with Crippen LogP contribution in [0.4, 0.5) is 0 Å². The molecule has 0 heterocycles. The third kappa shape index (κ3) is 31.9. The third-order valence-corrected chi connectivity index (χ3v) is 4.02. The lowest BCUT2D eigenvalue weighted by atomic mass is 10.1. The monoisotopic (exact) mass is 396 g/mol. The fraction of sp³-hybridized carbons (Fsp3) is 0.667. The van der Waals surface area contributed by atoms with E-state index in [0.29, 0.717) is 0 Å². The lowest BCUT2D eigenvalue weighted by molar-refractivity contribution is 0.236. The molecule has 0 aliphatic heterocycles. The van der Waals surface area contributed by atoms with Gasteiger partial charge in [-0.1, -0.05) is 77.7 Å².